The van der Waals surface area contributed by atoms with Crippen molar-refractivity contribution in [1.82, 2.24) is 24.8 Å². The zero-order valence-electron chi connectivity index (χ0n) is 25.7. The van der Waals surface area contributed by atoms with Crippen LogP contribution in [0.3, 0.4) is 0 Å². The van der Waals surface area contributed by atoms with Gasteiger partial charge in [0.15, 0.2) is 5.65 Å². The Morgan fingerprint density at radius 2 is 1.84 bits per heavy atom. The number of carbonyl (C=O) groups excluding carboxylic acids is 3. The zero-order valence-corrected chi connectivity index (χ0v) is 26.5. The molecule has 2 N–H and O–H groups in total. The number of nitrogens with one attached hydrogen (secondary N) is 2. The first-order valence-electron chi connectivity index (χ1n) is 15.5. The topological polar surface area (TPSA) is 121 Å². The third kappa shape index (κ3) is 6.62. The molecule has 44 heavy (non-hydrogen) atoms. The minimum atomic E-state index is -0.549. The van der Waals surface area contributed by atoms with Crippen molar-refractivity contribution in [2.45, 2.75) is 83.9 Å². The summed E-state index contributed by atoms with van der Waals surface area (Å²) in [5.41, 5.74) is 2.77. The summed E-state index contributed by atoms with van der Waals surface area (Å²) in [6, 6.07) is 6.73. The molecule has 234 valence electrons. The Morgan fingerprint density at radius 3 is 2.59 bits per heavy atom. The van der Waals surface area contributed by atoms with Crippen molar-refractivity contribution in [3.63, 3.8) is 0 Å². The smallest absolute Gasteiger partial charge is 0.407 e. The van der Waals surface area contributed by atoms with E-state index in [9.17, 15) is 14.4 Å². The summed E-state index contributed by atoms with van der Waals surface area (Å²) in [6.07, 6.45) is 6.73. The van der Waals surface area contributed by atoms with E-state index in [4.69, 9.17) is 26.4 Å². The first kappa shape index (κ1) is 30.2. The summed E-state index contributed by atoms with van der Waals surface area (Å²) < 4.78 is 7.20. The number of ether oxygens (including phenoxy) is 1. The van der Waals surface area contributed by atoms with Crippen LogP contribution in [0.25, 0.3) is 5.65 Å². The number of anilines is 2. The SMILES string of the molecule is Cc1cn2nc(C3CCCCN3C(=O)c3cc(Cl)ccc3NC(=O)C3CC3)cc2nc1N1CCC(NC(=O)OC(C)(C)C)C1. The number of benzene rings is 1. The van der Waals surface area contributed by atoms with Gasteiger partial charge in [0.25, 0.3) is 5.91 Å². The molecular formula is C32H40ClN7O4. The maximum Gasteiger partial charge on any atom is 0.407 e. The molecule has 3 aromatic rings. The van der Waals surface area contributed by atoms with Crippen LogP contribution in [0.2, 0.25) is 5.02 Å². The Bertz CT molecular complexity index is 1600. The van der Waals surface area contributed by atoms with Gasteiger partial charge in [-0.1, -0.05) is 11.6 Å². The zero-order chi connectivity index (χ0) is 31.2. The molecule has 6 rings (SSSR count). The highest BCUT2D eigenvalue weighted by Crippen LogP contribution is 2.35. The molecule has 0 radical (unpaired) electrons. The number of fused-ring (bicyclic) bond motifs is 1. The normalized spacial score (nSPS) is 20.6. The van der Waals surface area contributed by atoms with Crippen LogP contribution in [0.1, 0.15) is 87.0 Å². The maximum absolute atomic E-state index is 14.0. The Morgan fingerprint density at radius 1 is 1.05 bits per heavy atom. The number of amides is 3. The minimum Gasteiger partial charge on any atom is -0.444 e. The average Bonchev–Trinajstić information content (AvgIpc) is 3.59. The monoisotopic (exact) mass is 621 g/mol. The molecule has 3 amide bonds. The van der Waals surface area contributed by atoms with Crippen LogP contribution < -0.4 is 15.5 Å². The van der Waals surface area contributed by atoms with Gasteiger partial charge in [0, 0.05) is 48.4 Å². The van der Waals surface area contributed by atoms with Gasteiger partial charge in [-0.2, -0.15) is 5.10 Å². The van der Waals surface area contributed by atoms with E-state index < -0.39 is 11.7 Å². The number of nitrogens with zero attached hydrogens (tertiary/aromatic N) is 5. The Labute approximate surface area is 262 Å². The van der Waals surface area contributed by atoms with Crippen LogP contribution in [0.4, 0.5) is 16.3 Å². The predicted molar refractivity (Wildman–Crippen MR) is 168 cm³/mol. The molecule has 0 spiro atoms. The van der Waals surface area contributed by atoms with Crippen LogP contribution in [-0.4, -0.2) is 68.7 Å². The van der Waals surface area contributed by atoms with Gasteiger partial charge in [0.2, 0.25) is 5.91 Å². The molecule has 2 aromatic heterocycles. The van der Waals surface area contributed by atoms with E-state index in [-0.39, 0.29) is 29.8 Å². The Hall–Kier alpha value is -3.86. The third-order valence-electron chi connectivity index (χ3n) is 8.36. The Kier molecular flexibility index (Phi) is 8.17. The van der Waals surface area contributed by atoms with Crippen LogP contribution in [0.15, 0.2) is 30.5 Å². The maximum atomic E-state index is 14.0. The fourth-order valence-electron chi connectivity index (χ4n) is 6.07. The summed E-state index contributed by atoms with van der Waals surface area (Å²) in [6.45, 7) is 9.53. The number of likely N-dealkylation sites (tertiary alicyclic amines) is 1. The van der Waals surface area contributed by atoms with Crippen LogP contribution >= 0.6 is 11.6 Å². The molecule has 2 unspecified atom stereocenters. The summed E-state index contributed by atoms with van der Waals surface area (Å²) in [4.78, 5) is 47.9. The van der Waals surface area contributed by atoms with Crippen molar-refractivity contribution >= 4 is 46.7 Å². The van der Waals surface area contributed by atoms with Crippen LogP contribution in [0, 0.1) is 12.8 Å². The van der Waals surface area contributed by atoms with Crippen LogP contribution in [-0.2, 0) is 9.53 Å². The highest BCUT2D eigenvalue weighted by atomic mass is 35.5. The van der Waals surface area contributed by atoms with E-state index in [1.165, 1.54) is 0 Å². The number of aromatic nitrogens is 3. The number of hydrogen-bond donors (Lipinski definition) is 2. The molecule has 1 aliphatic carbocycles. The van der Waals surface area contributed by atoms with E-state index in [0.717, 1.165) is 62.1 Å². The lowest BCUT2D eigenvalue weighted by molar-refractivity contribution is -0.117. The molecule has 12 heteroatoms. The molecular weight excluding hydrogens is 582 g/mol. The highest BCUT2D eigenvalue weighted by Gasteiger charge is 2.34. The van der Waals surface area contributed by atoms with Gasteiger partial charge in [-0.3, -0.25) is 9.59 Å². The molecule has 3 fully saturated rings. The molecule has 11 nitrogen and oxygen atoms in total. The number of carbonyl (C=O) groups is 3. The van der Waals surface area contributed by atoms with Gasteiger partial charge in [0.05, 0.1) is 29.0 Å². The summed E-state index contributed by atoms with van der Waals surface area (Å²) in [5, 5.41) is 11.2. The van der Waals surface area contributed by atoms with E-state index >= 15 is 0 Å². The summed E-state index contributed by atoms with van der Waals surface area (Å²) >= 11 is 6.32. The fourth-order valence-corrected chi connectivity index (χ4v) is 6.24. The van der Waals surface area contributed by atoms with Gasteiger partial charge >= 0.3 is 6.09 Å². The lowest BCUT2D eigenvalue weighted by atomic mass is 9.98. The molecule has 1 aromatic carbocycles. The second-order valence-corrected chi connectivity index (χ2v) is 13.6. The summed E-state index contributed by atoms with van der Waals surface area (Å²) in [5.74, 6) is 0.636. The molecule has 2 atom stereocenters. The molecule has 1 saturated carbocycles. The van der Waals surface area contributed by atoms with Crippen molar-refractivity contribution < 1.29 is 19.1 Å². The van der Waals surface area contributed by atoms with E-state index in [2.05, 4.69) is 15.5 Å². The molecule has 2 aliphatic heterocycles. The number of hydrogen-bond acceptors (Lipinski definition) is 7. The van der Waals surface area contributed by atoms with E-state index in [1.807, 2.05) is 44.9 Å². The van der Waals surface area contributed by atoms with Gasteiger partial charge in [-0.15, -0.1) is 0 Å². The fraction of sp³-hybridized carbons (Fsp3) is 0.531. The van der Waals surface area contributed by atoms with Crippen molar-refractivity contribution in [1.29, 1.82) is 0 Å². The minimum absolute atomic E-state index is 0.0165. The third-order valence-corrected chi connectivity index (χ3v) is 8.59. The molecule has 3 aliphatic rings. The van der Waals surface area contributed by atoms with Crippen molar-refractivity contribution in [3.8, 4) is 0 Å². The first-order chi connectivity index (χ1) is 20.9. The number of piperidine rings is 1. The van der Waals surface area contributed by atoms with Crippen molar-refractivity contribution in [2.24, 2.45) is 5.92 Å². The number of rotatable bonds is 6. The lowest BCUT2D eigenvalue weighted by Gasteiger charge is -2.35. The van der Waals surface area contributed by atoms with Gasteiger partial charge in [0.1, 0.15) is 11.4 Å². The average molecular weight is 622 g/mol. The quantitative estimate of drug-likeness (QED) is 0.372. The van der Waals surface area contributed by atoms with E-state index in [0.29, 0.717) is 35.0 Å². The van der Waals surface area contributed by atoms with Crippen molar-refractivity contribution in [2.75, 3.05) is 29.9 Å². The summed E-state index contributed by atoms with van der Waals surface area (Å²) in [7, 11) is 0. The highest BCUT2D eigenvalue weighted by molar-refractivity contribution is 6.31. The van der Waals surface area contributed by atoms with Gasteiger partial charge in [-0.25, -0.2) is 14.3 Å². The first-order valence-corrected chi connectivity index (χ1v) is 15.9. The second-order valence-electron chi connectivity index (χ2n) is 13.2. The standard InChI is InChI=1S/C32H40ClN7O4/c1-19-17-40-27(36-28(19)38-14-12-22(18-38)34-31(43)44-32(2,3)4)16-25(37-40)26-7-5-6-13-39(26)30(42)23-15-21(33)10-11-24(23)35-29(41)20-8-9-20/h10-11,15-17,20,22,26H,5-9,12-14,18H2,1-4H3,(H,34,43)(H,35,41). The number of alkyl carbamates (subject to hydrolysis) is 1. The lowest BCUT2D eigenvalue weighted by Crippen LogP contribution is -2.40. The Balaban J connectivity index is 1.21. The molecule has 0 bridgehead atoms. The number of halogens is 1. The largest absolute Gasteiger partial charge is 0.444 e. The van der Waals surface area contributed by atoms with Crippen molar-refractivity contribution in [3.05, 3.63) is 52.3 Å². The number of aryl methyl sites for hydroxylation is 1. The van der Waals surface area contributed by atoms with Crippen LogP contribution in [0.5, 0.6) is 0 Å². The second kappa shape index (κ2) is 11.9. The predicted octanol–water partition coefficient (Wildman–Crippen LogP) is 5.51. The van der Waals surface area contributed by atoms with E-state index in [1.54, 1.807) is 22.7 Å². The van der Waals surface area contributed by atoms with Gasteiger partial charge in [-0.05, 0) is 84.4 Å². The molecule has 4 heterocycles. The molecule has 2 saturated heterocycles. The van der Waals surface area contributed by atoms with Gasteiger partial charge < -0.3 is 25.2 Å².